The Morgan fingerprint density at radius 1 is 1.24 bits per heavy atom. The van der Waals surface area contributed by atoms with Gasteiger partial charge in [-0.15, -0.1) is 10.2 Å². The zero-order valence-electron chi connectivity index (χ0n) is 12.2. The number of ketones is 1. The fourth-order valence-electron chi connectivity index (χ4n) is 1.83. The van der Waals surface area contributed by atoms with Gasteiger partial charge in [-0.2, -0.15) is 11.8 Å². The lowest BCUT2D eigenvalue weighted by Gasteiger charge is -2.01. The maximum absolute atomic E-state index is 12.1. The third-order valence-corrected chi connectivity index (χ3v) is 4.21. The van der Waals surface area contributed by atoms with E-state index < -0.39 is 0 Å². The summed E-state index contributed by atoms with van der Waals surface area (Å²) in [4.78, 5) is 12.1. The van der Waals surface area contributed by atoms with Gasteiger partial charge >= 0.3 is 0 Å². The van der Waals surface area contributed by atoms with Gasteiger partial charge in [0.1, 0.15) is 0 Å². The minimum atomic E-state index is 0.0765. The molecular weight excluding hydrogens is 304 g/mol. The first kappa shape index (κ1) is 16.1. The van der Waals surface area contributed by atoms with Crippen molar-refractivity contribution in [3.05, 3.63) is 41.3 Å². The number of Topliss-reactive ketones (excluding diaryl/α,β-unsaturated/α-hetero) is 1. The largest absolute Gasteiger partial charge is 0.415 e. The van der Waals surface area contributed by atoms with Gasteiger partial charge in [-0.3, -0.25) is 4.79 Å². The van der Waals surface area contributed by atoms with E-state index in [4.69, 9.17) is 4.42 Å². The van der Waals surface area contributed by atoms with Crippen LogP contribution in [0.2, 0.25) is 0 Å². The summed E-state index contributed by atoms with van der Waals surface area (Å²) in [5.74, 6) is 1.68. The predicted molar refractivity (Wildman–Crippen MR) is 87.0 cm³/mol. The van der Waals surface area contributed by atoms with Crippen molar-refractivity contribution >= 4 is 29.3 Å². The van der Waals surface area contributed by atoms with Crippen molar-refractivity contribution < 1.29 is 9.21 Å². The first-order valence-corrected chi connectivity index (χ1v) is 9.17. The Morgan fingerprint density at radius 3 is 2.67 bits per heavy atom. The SMILES string of the molecule is CCCc1ccc(C(=O)CSc2nnc(CSC)o2)cc1. The Labute approximate surface area is 133 Å². The number of benzene rings is 1. The van der Waals surface area contributed by atoms with Crippen LogP contribution in [0.4, 0.5) is 0 Å². The highest BCUT2D eigenvalue weighted by Gasteiger charge is 2.11. The molecule has 0 radical (unpaired) electrons. The van der Waals surface area contributed by atoms with Crippen LogP contribution in [-0.4, -0.2) is 28.0 Å². The highest BCUT2D eigenvalue weighted by atomic mass is 32.2. The number of rotatable bonds is 8. The van der Waals surface area contributed by atoms with Crippen molar-refractivity contribution in [3.63, 3.8) is 0 Å². The molecule has 0 aliphatic rings. The highest BCUT2D eigenvalue weighted by Crippen LogP contribution is 2.19. The molecule has 21 heavy (non-hydrogen) atoms. The van der Waals surface area contributed by atoms with Gasteiger partial charge in [-0.25, -0.2) is 0 Å². The monoisotopic (exact) mass is 322 g/mol. The molecule has 112 valence electrons. The smallest absolute Gasteiger partial charge is 0.277 e. The van der Waals surface area contributed by atoms with Gasteiger partial charge < -0.3 is 4.42 Å². The van der Waals surface area contributed by atoms with Crippen LogP contribution in [0.5, 0.6) is 0 Å². The van der Waals surface area contributed by atoms with E-state index in [0.717, 1.165) is 18.4 Å². The molecule has 4 nitrogen and oxygen atoms in total. The van der Waals surface area contributed by atoms with Crippen LogP contribution in [0.15, 0.2) is 33.9 Å². The molecule has 0 N–H and O–H groups in total. The lowest BCUT2D eigenvalue weighted by Crippen LogP contribution is -2.02. The van der Waals surface area contributed by atoms with Crippen molar-refractivity contribution in [2.75, 3.05) is 12.0 Å². The maximum atomic E-state index is 12.1. The molecule has 1 heterocycles. The van der Waals surface area contributed by atoms with Gasteiger partial charge in [-0.1, -0.05) is 49.4 Å². The summed E-state index contributed by atoms with van der Waals surface area (Å²) in [5.41, 5.74) is 1.99. The van der Waals surface area contributed by atoms with Crippen LogP contribution in [0.25, 0.3) is 0 Å². The number of carbonyl (C=O) groups is 1. The zero-order chi connectivity index (χ0) is 15.1. The van der Waals surface area contributed by atoms with Crippen molar-refractivity contribution in [3.8, 4) is 0 Å². The molecule has 2 rings (SSSR count). The van der Waals surface area contributed by atoms with Crippen LogP contribution >= 0.6 is 23.5 Å². The van der Waals surface area contributed by atoms with Crippen molar-refractivity contribution in [2.24, 2.45) is 0 Å². The number of thioether (sulfide) groups is 2. The van der Waals surface area contributed by atoms with Crippen molar-refractivity contribution in [1.82, 2.24) is 10.2 Å². The minimum absolute atomic E-state index is 0.0765. The first-order chi connectivity index (χ1) is 10.2. The second-order valence-electron chi connectivity index (χ2n) is 4.55. The van der Waals surface area contributed by atoms with Crippen molar-refractivity contribution in [1.29, 1.82) is 0 Å². The van der Waals surface area contributed by atoms with E-state index in [1.807, 2.05) is 30.5 Å². The average Bonchev–Trinajstić information content (AvgIpc) is 2.94. The number of aryl methyl sites for hydroxylation is 1. The molecule has 0 spiro atoms. The van der Waals surface area contributed by atoms with E-state index in [2.05, 4.69) is 17.1 Å². The molecule has 1 aromatic heterocycles. The summed E-state index contributed by atoms with van der Waals surface area (Å²) < 4.78 is 5.43. The fourth-order valence-corrected chi connectivity index (χ4v) is 2.87. The summed E-state index contributed by atoms with van der Waals surface area (Å²) in [6.45, 7) is 2.14. The Bertz CT molecular complexity index is 582. The number of hydrogen-bond donors (Lipinski definition) is 0. The van der Waals surface area contributed by atoms with E-state index in [1.54, 1.807) is 11.8 Å². The summed E-state index contributed by atoms with van der Waals surface area (Å²) >= 11 is 2.91. The van der Waals surface area contributed by atoms with E-state index in [1.165, 1.54) is 17.3 Å². The Morgan fingerprint density at radius 2 is 2.00 bits per heavy atom. The second-order valence-corrected chi connectivity index (χ2v) is 6.35. The quantitative estimate of drug-likeness (QED) is 0.543. The molecule has 0 amide bonds. The van der Waals surface area contributed by atoms with Gasteiger partial charge in [0.15, 0.2) is 5.78 Å². The molecule has 0 unspecified atom stereocenters. The molecule has 1 aromatic carbocycles. The Kier molecular flexibility index (Phi) is 6.32. The van der Waals surface area contributed by atoms with E-state index in [0.29, 0.717) is 22.6 Å². The van der Waals surface area contributed by atoms with E-state index in [9.17, 15) is 4.79 Å². The van der Waals surface area contributed by atoms with E-state index in [-0.39, 0.29) is 5.78 Å². The lowest BCUT2D eigenvalue weighted by molar-refractivity contribution is 0.102. The molecular formula is C15H18N2O2S2. The summed E-state index contributed by atoms with van der Waals surface area (Å²) in [5, 5.41) is 8.29. The topological polar surface area (TPSA) is 56.0 Å². The Balaban J connectivity index is 1.88. The summed E-state index contributed by atoms with van der Waals surface area (Å²) in [7, 11) is 0. The standard InChI is InChI=1S/C15H18N2O2S2/c1-3-4-11-5-7-12(8-6-11)13(18)9-21-15-17-16-14(19-15)10-20-2/h5-8H,3-4,9-10H2,1-2H3. The number of aromatic nitrogens is 2. The predicted octanol–water partition coefficient (Wildman–Crippen LogP) is 3.86. The van der Waals surface area contributed by atoms with Gasteiger partial charge in [0.25, 0.3) is 5.22 Å². The summed E-state index contributed by atoms with van der Waals surface area (Å²) in [6, 6.07) is 7.82. The molecule has 0 fully saturated rings. The zero-order valence-corrected chi connectivity index (χ0v) is 13.8. The average molecular weight is 322 g/mol. The minimum Gasteiger partial charge on any atom is -0.415 e. The molecule has 0 aliphatic carbocycles. The van der Waals surface area contributed by atoms with E-state index >= 15 is 0 Å². The van der Waals surface area contributed by atoms with Gasteiger partial charge in [0.2, 0.25) is 5.89 Å². The fraction of sp³-hybridized carbons (Fsp3) is 0.400. The third kappa shape index (κ3) is 4.89. The maximum Gasteiger partial charge on any atom is 0.277 e. The molecule has 6 heteroatoms. The second kappa shape index (κ2) is 8.24. The molecule has 0 atom stereocenters. The van der Waals surface area contributed by atoms with Crippen molar-refractivity contribution in [2.45, 2.75) is 30.7 Å². The highest BCUT2D eigenvalue weighted by molar-refractivity contribution is 7.99. The van der Waals surface area contributed by atoms with Crippen LogP contribution in [-0.2, 0) is 12.2 Å². The third-order valence-electron chi connectivity index (χ3n) is 2.86. The van der Waals surface area contributed by atoms with Gasteiger partial charge in [0, 0.05) is 5.56 Å². The molecule has 0 saturated heterocycles. The number of nitrogens with zero attached hydrogens (tertiary/aromatic N) is 2. The van der Waals surface area contributed by atoms with Crippen LogP contribution in [0.1, 0.15) is 35.2 Å². The van der Waals surface area contributed by atoms with Crippen LogP contribution < -0.4 is 0 Å². The first-order valence-electron chi connectivity index (χ1n) is 6.79. The number of carbonyl (C=O) groups excluding carboxylic acids is 1. The Hall–Kier alpha value is -1.27. The molecule has 0 bridgehead atoms. The molecule has 2 aromatic rings. The van der Waals surface area contributed by atoms with Crippen LogP contribution in [0.3, 0.4) is 0 Å². The number of hydrogen-bond acceptors (Lipinski definition) is 6. The molecule has 0 saturated carbocycles. The van der Waals surface area contributed by atoms with Gasteiger partial charge in [-0.05, 0) is 18.2 Å². The van der Waals surface area contributed by atoms with Gasteiger partial charge in [0.05, 0.1) is 11.5 Å². The van der Waals surface area contributed by atoms with Crippen LogP contribution in [0, 0.1) is 0 Å². The normalized spacial score (nSPS) is 10.8. The summed E-state index contributed by atoms with van der Waals surface area (Å²) in [6.07, 6.45) is 4.13. The molecule has 0 aliphatic heterocycles. The lowest BCUT2D eigenvalue weighted by atomic mass is 10.1.